The van der Waals surface area contributed by atoms with Crippen LogP contribution in [0.4, 0.5) is 8.78 Å². The third-order valence-electron chi connectivity index (χ3n) is 2.66. The van der Waals surface area contributed by atoms with E-state index in [4.69, 9.17) is 4.74 Å². The molecule has 0 spiro atoms. The molecular weight excluding hydrogens is 226 g/mol. The lowest BCUT2D eigenvalue weighted by atomic mass is 9.99. The maximum Gasteiger partial charge on any atom is 0.166 e. The summed E-state index contributed by atoms with van der Waals surface area (Å²) in [5.74, 6) is -1.50. The molecule has 0 aromatic heterocycles. The number of hydrogen-bond acceptors (Lipinski definition) is 2. The summed E-state index contributed by atoms with van der Waals surface area (Å²) in [6, 6.07) is 3.23. The quantitative estimate of drug-likeness (QED) is 0.809. The van der Waals surface area contributed by atoms with E-state index in [0.29, 0.717) is 18.6 Å². The summed E-state index contributed by atoms with van der Waals surface area (Å²) in [4.78, 5) is 11.8. The van der Waals surface area contributed by atoms with Gasteiger partial charge in [0.05, 0.1) is 12.9 Å². The van der Waals surface area contributed by atoms with Gasteiger partial charge in [0, 0.05) is 18.1 Å². The van der Waals surface area contributed by atoms with Crippen LogP contribution in [0.5, 0.6) is 0 Å². The molecule has 1 aliphatic rings. The summed E-state index contributed by atoms with van der Waals surface area (Å²) in [5.41, 5.74) is 0.780. The summed E-state index contributed by atoms with van der Waals surface area (Å²) in [5, 5.41) is 0. The van der Waals surface area contributed by atoms with Crippen molar-refractivity contribution < 1.29 is 18.3 Å². The summed E-state index contributed by atoms with van der Waals surface area (Å²) >= 11 is 0. The molecule has 90 valence electrons. The predicted molar refractivity (Wildman–Crippen MR) is 58.3 cm³/mol. The second kappa shape index (κ2) is 5.08. The number of allylic oxidation sites excluding steroid dienone is 1. The Kier molecular flexibility index (Phi) is 3.52. The van der Waals surface area contributed by atoms with Crippen LogP contribution < -0.4 is 0 Å². The van der Waals surface area contributed by atoms with Crippen LogP contribution in [0.15, 0.2) is 30.0 Å². The maximum absolute atomic E-state index is 13.3. The van der Waals surface area contributed by atoms with Crippen LogP contribution in [0, 0.1) is 11.6 Å². The second-order valence-corrected chi connectivity index (χ2v) is 3.95. The maximum atomic E-state index is 13.3. The minimum absolute atomic E-state index is 0.0543. The molecule has 2 rings (SSSR count). The standard InChI is InChI=1S/C13H12F2O2/c14-11-4-3-9(12(15)7-11)6-13(16)10-2-1-5-17-8-10/h3-4,7-8H,1-2,5-6H2. The Balaban J connectivity index is 2.10. The predicted octanol–water partition coefficient (Wildman–Crippen LogP) is 2.77. The van der Waals surface area contributed by atoms with Gasteiger partial charge in [-0.2, -0.15) is 0 Å². The molecule has 1 aromatic carbocycles. The Morgan fingerprint density at radius 3 is 2.82 bits per heavy atom. The molecule has 0 radical (unpaired) electrons. The van der Waals surface area contributed by atoms with Crippen LogP contribution in [0.3, 0.4) is 0 Å². The van der Waals surface area contributed by atoms with Gasteiger partial charge in [0.15, 0.2) is 5.78 Å². The molecule has 0 aliphatic carbocycles. The Labute approximate surface area is 97.9 Å². The Morgan fingerprint density at radius 2 is 2.18 bits per heavy atom. The molecule has 0 amide bonds. The third kappa shape index (κ3) is 2.90. The van der Waals surface area contributed by atoms with Gasteiger partial charge in [-0.25, -0.2) is 8.78 Å². The highest BCUT2D eigenvalue weighted by Crippen LogP contribution is 2.17. The van der Waals surface area contributed by atoms with E-state index in [2.05, 4.69) is 0 Å². The van der Waals surface area contributed by atoms with Crippen molar-refractivity contribution in [3.63, 3.8) is 0 Å². The van der Waals surface area contributed by atoms with Gasteiger partial charge in [-0.15, -0.1) is 0 Å². The van der Waals surface area contributed by atoms with Gasteiger partial charge in [-0.1, -0.05) is 6.07 Å². The van der Waals surface area contributed by atoms with Gasteiger partial charge < -0.3 is 4.74 Å². The first kappa shape index (κ1) is 11.8. The van der Waals surface area contributed by atoms with E-state index < -0.39 is 11.6 Å². The number of hydrogen-bond donors (Lipinski definition) is 0. The first-order chi connectivity index (χ1) is 8.16. The molecule has 1 aliphatic heterocycles. The van der Waals surface area contributed by atoms with Gasteiger partial charge in [0.2, 0.25) is 0 Å². The lowest BCUT2D eigenvalue weighted by molar-refractivity contribution is -0.115. The number of Topliss-reactive ketones (excluding diaryl/α,β-unsaturated/α-hetero) is 1. The number of halogens is 2. The fourth-order valence-corrected chi connectivity index (χ4v) is 1.72. The van der Waals surface area contributed by atoms with Crippen LogP contribution >= 0.6 is 0 Å². The van der Waals surface area contributed by atoms with Crippen LogP contribution in [-0.4, -0.2) is 12.4 Å². The first-order valence-electron chi connectivity index (χ1n) is 5.44. The Morgan fingerprint density at radius 1 is 1.35 bits per heavy atom. The Hall–Kier alpha value is -1.71. The highest BCUT2D eigenvalue weighted by molar-refractivity contribution is 5.96. The first-order valence-corrected chi connectivity index (χ1v) is 5.44. The summed E-state index contributed by atoms with van der Waals surface area (Å²) < 4.78 is 31.1. The van der Waals surface area contributed by atoms with Crippen molar-refractivity contribution in [3.8, 4) is 0 Å². The molecule has 4 heteroatoms. The van der Waals surface area contributed by atoms with Crippen molar-refractivity contribution in [2.45, 2.75) is 19.3 Å². The highest BCUT2D eigenvalue weighted by Gasteiger charge is 2.15. The topological polar surface area (TPSA) is 26.3 Å². The molecule has 17 heavy (non-hydrogen) atoms. The minimum Gasteiger partial charge on any atom is -0.501 e. The zero-order valence-electron chi connectivity index (χ0n) is 9.21. The molecular formula is C13H12F2O2. The molecule has 0 unspecified atom stereocenters. The van der Waals surface area contributed by atoms with Crippen LogP contribution in [-0.2, 0) is 16.0 Å². The van der Waals surface area contributed by atoms with E-state index in [-0.39, 0.29) is 17.8 Å². The zero-order chi connectivity index (χ0) is 12.3. The number of carbonyl (C=O) groups is 1. The third-order valence-corrected chi connectivity index (χ3v) is 2.66. The summed E-state index contributed by atoms with van der Waals surface area (Å²) in [6.07, 6.45) is 2.83. The molecule has 0 saturated carbocycles. The van der Waals surface area contributed by atoms with Crippen LogP contribution in [0.1, 0.15) is 18.4 Å². The number of ether oxygens (including phenoxy) is 1. The van der Waals surface area contributed by atoms with E-state index in [0.717, 1.165) is 18.6 Å². The summed E-state index contributed by atoms with van der Waals surface area (Å²) in [6.45, 7) is 0.613. The van der Waals surface area contributed by atoms with Gasteiger partial charge in [0.25, 0.3) is 0 Å². The molecule has 2 nitrogen and oxygen atoms in total. The normalized spacial score (nSPS) is 15.1. The van der Waals surface area contributed by atoms with Crippen LogP contribution in [0.25, 0.3) is 0 Å². The van der Waals surface area contributed by atoms with Crippen molar-refractivity contribution in [3.05, 3.63) is 47.2 Å². The summed E-state index contributed by atoms with van der Waals surface area (Å²) in [7, 11) is 0. The van der Waals surface area contributed by atoms with Crippen LogP contribution in [0.2, 0.25) is 0 Å². The molecule has 0 atom stereocenters. The molecule has 0 bridgehead atoms. The average molecular weight is 238 g/mol. The monoisotopic (exact) mass is 238 g/mol. The number of ketones is 1. The van der Waals surface area contributed by atoms with Crippen molar-refractivity contribution in [2.24, 2.45) is 0 Å². The van der Waals surface area contributed by atoms with Gasteiger partial charge >= 0.3 is 0 Å². The second-order valence-electron chi connectivity index (χ2n) is 3.95. The molecule has 0 fully saturated rings. The lowest BCUT2D eigenvalue weighted by Crippen LogP contribution is -2.12. The zero-order valence-corrected chi connectivity index (χ0v) is 9.21. The number of benzene rings is 1. The SMILES string of the molecule is O=C(Cc1ccc(F)cc1F)C1=COCCC1. The van der Waals surface area contributed by atoms with Crippen molar-refractivity contribution >= 4 is 5.78 Å². The van der Waals surface area contributed by atoms with E-state index >= 15 is 0 Å². The van der Waals surface area contributed by atoms with Crippen molar-refractivity contribution in [1.82, 2.24) is 0 Å². The average Bonchev–Trinajstić information content (AvgIpc) is 2.34. The minimum atomic E-state index is -0.685. The van der Waals surface area contributed by atoms with E-state index in [1.807, 2.05) is 0 Å². The lowest BCUT2D eigenvalue weighted by Gasteiger charge is -2.12. The fourth-order valence-electron chi connectivity index (χ4n) is 1.72. The molecule has 0 N–H and O–H groups in total. The number of rotatable bonds is 3. The van der Waals surface area contributed by atoms with Gasteiger partial charge in [0.1, 0.15) is 11.6 Å². The number of carbonyl (C=O) groups excluding carboxylic acids is 1. The van der Waals surface area contributed by atoms with Crippen molar-refractivity contribution in [1.29, 1.82) is 0 Å². The van der Waals surface area contributed by atoms with E-state index in [1.165, 1.54) is 12.3 Å². The smallest absolute Gasteiger partial charge is 0.166 e. The fraction of sp³-hybridized carbons (Fsp3) is 0.308. The van der Waals surface area contributed by atoms with E-state index in [9.17, 15) is 13.6 Å². The van der Waals surface area contributed by atoms with Gasteiger partial charge in [-0.05, 0) is 24.5 Å². The van der Waals surface area contributed by atoms with E-state index in [1.54, 1.807) is 0 Å². The molecule has 1 aromatic rings. The molecule has 0 saturated heterocycles. The Bertz CT molecular complexity index is 466. The molecule has 1 heterocycles. The van der Waals surface area contributed by atoms with Crippen molar-refractivity contribution in [2.75, 3.05) is 6.61 Å². The highest BCUT2D eigenvalue weighted by atomic mass is 19.1. The largest absolute Gasteiger partial charge is 0.501 e. The van der Waals surface area contributed by atoms with Gasteiger partial charge in [-0.3, -0.25) is 4.79 Å².